The molecule has 0 saturated carbocycles. The summed E-state index contributed by atoms with van der Waals surface area (Å²) in [5, 5.41) is 0. The molecule has 0 aromatic rings. The van der Waals surface area contributed by atoms with Crippen molar-refractivity contribution in [2.75, 3.05) is 0 Å². The zero-order valence-electron chi connectivity index (χ0n) is 6.46. The van der Waals surface area contributed by atoms with E-state index >= 15 is 0 Å². The second-order valence-corrected chi connectivity index (χ2v) is 0. The van der Waals surface area contributed by atoms with Crippen LogP contribution in [-0.4, -0.2) is 0 Å². The Hall–Kier alpha value is 3.38. The average Bonchev–Trinajstić information content (AvgIpc) is 0. The molecule has 0 atom stereocenters. The van der Waals surface area contributed by atoms with Crippen LogP contribution in [0.3, 0.4) is 0 Å². The fourth-order valence-electron chi connectivity index (χ4n) is 0. The Morgan fingerprint density at radius 1 is 0.308 bits per heavy atom. The van der Waals surface area contributed by atoms with E-state index in [1.807, 2.05) is 0 Å². The molecule has 0 aliphatic heterocycles. The van der Waals surface area contributed by atoms with Gasteiger partial charge >= 0.3 is 115 Å². The van der Waals surface area contributed by atoms with Crippen molar-refractivity contribution in [2.24, 2.45) is 0 Å². The fraction of sp³-hybridized carbons (Fsp3) is 0. The molecular weight excluding hydrogens is 349 g/mol. The molecule has 0 saturated heterocycles. The van der Waals surface area contributed by atoms with Crippen molar-refractivity contribution < 1.29 is 154 Å². The number of rotatable bonds is 0. The minimum atomic E-state index is 0. The van der Waals surface area contributed by atoms with Gasteiger partial charge in [-0.3, -0.25) is 0 Å². The molecule has 0 rings (SSSR count). The van der Waals surface area contributed by atoms with Gasteiger partial charge in [0.2, 0.25) is 0 Å². The van der Waals surface area contributed by atoms with Crippen LogP contribution in [0, 0.1) is 0 Å². The summed E-state index contributed by atoms with van der Waals surface area (Å²) in [6, 6.07) is 0. The van der Waals surface area contributed by atoms with E-state index in [0.717, 1.165) is 0 Å². The molecule has 0 spiro atoms. The first-order valence-corrected chi connectivity index (χ1v) is 0. The molecule has 74 valence electrons. The van der Waals surface area contributed by atoms with Gasteiger partial charge in [-0.25, -0.2) is 0 Å². The Morgan fingerprint density at radius 3 is 0.308 bits per heavy atom. The van der Waals surface area contributed by atoms with E-state index in [2.05, 4.69) is 0 Å². The molecule has 13 heteroatoms. The van der Waals surface area contributed by atoms with E-state index in [1.54, 1.807) is 0 Å². The standard InChI is InChI=1S/2Cu.2Li.7O.2Ti/q2*+2;2*+1;7*-2;2*+4. The van der Waals surface area contributed by atoms with Gasteiger partial charge in [0.15, 0.2) is 0 Å². The fourth-order valence-corrected chi connectivity index (χ4v) is 0. The summed E-state index contributed by atoms with van der Waals surface area (Å²) in [4.78, 5) is 0. The molecule has 0 aromatic heterocycles. The van der Waals surface area contributed by atoms with Crippen LogP contribution in [0.4, 0.5) is 0 Å². The zero-order valence-corrected chi connectivity index (χ0v) is 11.5. The number of hydrogen-bond acceptors (Lipinski definition) is 0. The third-order valence-corrected chi connectivity index (χ3v) is 0. The monoisotopic (exact) mass is 348 g/mol. The van der Waals surface area contributed by atoms with Gasteiger partial charge in [-0.05, 0) is 0 Å². The SMILES string of the molecule is [Cu+2].[Cu+2].[Li+].[Li+].[O-2].[O-2].[O-2].[O-2].[O-2].[O-2].[O-2].[Ti+4].[Ti+4]. The van der Waals surface area contributed by atoms with Crippen molar-refractivity contribution >= 4 is 0 Å². The Morgan fingerprint density at radius 2 is 0.308 bits per heavy atom. The minimum Gasteiger partial charge on any atom is -2.00 e. The normalized spacial score (nSPS) is 0. The second kappa shape index (κ2) is 278. The first-order valence-electron chi connectivity index (χ1n) is 0. The van der Waals surface area contributed by atoms with Gasteiger partial charge in [-0.2, -0.15) is 0 Å². The van der Waals surface area contributed by atoms with Crippen molar-refractivity contribution in [3.05, 3.63) is 0 Å². The zero-order chi connectivity index (χ0) is 0. The number of hydrogen-bond donors (Lipinski definition) is 0. The van der Waals surface area contributed by atoms with Gasteiger partial charge in [0.25, 0.3) is 0 Å². The third-order valence-electron chi connectivity index (χ3n) is 0. The van der Waals surface area contributed by atoms with E-state index in [1.165, 1.54) is 0 Å². The second-order valence-electron chi connectivity index (χ2n) is 0. The maximum Gasteiger partial charge on any atom is 4.00 e. The predicted molar refractivity (Wildman–Crippen MR) is 4.81 cm³/mol. The van der Waals surface area contributed by atoms with Crippen molar-refractivity contribution in [2.45, 2.75) is 0 Å². The molecule has 0 bridgehead atoms. The molecular formula is Cu2Li2O7Ti2. The van der Waals surface area contributed by atoms with Crippen molar-refractivity contribution in [1.82, 2.24) is 0 Å². The van der Waals surface area contributed by atoms with Crippen LogP contribution in [0.5, 0.6) is 0 Å². The van der Waals surface area contributed by atoms with Gasteiger partial charge in [0.05, 0.1) is 0 Å². The summed E-state index contributed by atoms with van der Waals surface area (Å²) in [5.74, 6) is 0. The molecule has 0 unspecified atom stereocenters. The third kappa shape index (κ3) is 241. The van der Waals surface area contributed by atoms with Crippen LogP contribution in [0.1, 0.15) is 0 Å². The van der Waals surface area contributed by atoms with Gasteiger partial charge in [0, 0.05) is 0 Å². The topological polar surface area (TPSA) is 200 Å². The molecule has 13 heavy (non-hydrogen) atoms. The van der Waals surface area contributed by atoms with E-state index in [0.29, 0.717) is 0 Å². The van der Waals surface area contributed by atoms with Crippen molar-refractivity contribution in [3.63, 3.8) is 0 Å². The molecule has 0 aliphatic rings. The summed E-state index contributed by atoms with van der Waals surface area (Å²) in [5.41, 5.74) is 0. The van der Waals surface area contributed by atoms with Crippen LogP contribution in [-0.2, 0) is 116 Å². The van der Waals surface area contributed by atoms with Crippen LogP contribution in [0.15, 0.2) is 0 Å². The molecule has 0 heterocycles. The molecule has 0 fully saturated rings. The van der Waals surface area contributed by atoms with Crippen LogP contribution >= 0.6 is 0 Å². The maximum absolute atomic E-state index is 0. The molecule has 7 nitrogen and oxygen atoms in total. The molecule has 0 aliphatic carbocycles. The van der Waals surface area contributed by atoms with Gasteiger partial charge < -0.3 is 38.3 Å². The van der Waals surface area contributed by atoms with E-state index in [4.69, 9.17) is 0 Å². The molecule has 0 aromatic carbocycles. The largest absolute Gasteiger partial charge is 4.00 e. The van der Waals surface area contributed by atoms with E-state index in [9.17, 15) is 0 Å². The van der Waals surface area contributed by atoms with Gasteiger partial charge in [0.1, 0.15) is 0 Å². The smallest absolute Gasteiger partial charge is 2.00 e. The van der Waals surface area contributed by atoms with Gasteiger partial charge in [-0.1, -0.05) is 0 Å². The first-order chi connectivity index (χ1) is 0. The van der Waals surface area contributed by atoms with Crippen LogP contribution in [0.25, 0.3) is 0 Å². The summed E-state index contributed by atoms with van der Waals surface area (Å²) in [6.07, 6.45) is 0. The van der Waals surface area contributed by atoms with Crippen molar-refractivity contribution in [1.29, 1.82) is 0 Å². The molecule has 0 N–H and O–H groups in total. The Bertz CT molecular complexity index is 22.5. The summed E-state index contributed by atoms with van der Waals surface area (Å²) < 4.78 is 0. The maximum atomic E-state index is 0. The summed E-state index contributed by atoms with van der Waals surface area (Å²) in [7, 11) is 0. The molecule has 2 radical (unpaired) electrons. The average molecular weight is 349 g/mol. The Labute approximate surface area is 152 Å². The summed E-state index contributed by atoms with van der Waals surface area (Å²) >= 11 is 0. The van der Waals surface area contributed by atoms with Crippen LogP contribution in [0.2, 0.25) is 0 Å². The van der Waals surface area contributed by atoms with Crippen LogP contribution < -0.4 is 37.7 Å². The minimum absolute atomic E-state index is 0. The van der Waals surface area contributed by atoms with Gasteiger partial charge in [-0.15, -0.1) is 0 Å². The quantitative estimate of drug-likeness (QED) is 0.375. The molecule has 0 amide bonds. The Kier molecular flexibility index (Phi) is 7250. The Balaban J connectivity index is 0. The predicted octanol–water partition coefficient (Wildman–Crippen LogP) is -6.83. The van der Waals surface area contributed by atoms with Crippen molar-refractivity contribution in [3.8, 4) is 0 Å². The van der Waals surface area contributed by atoms with E-state index < -0.39 is 0 Å². The summed E-state index contributed by atoms with van der Waals surface area (Å²) in [6.45, 7) is 0. The van der Waals surface area contributed by atoms with E-state index in [-0.39, 0.29) is 154 Å². The first kappa shape index (κ1) is 339.